The molecule has 0 aromatic carbocycles. The topological polar surface area (TPSA) is 17.1 Å². The minimum atomic E-state index is -0.400. The van der Waals surface area contributed by atoms with Gasteiger partial charge in [-0.15, -0.1) is 0 Å². The largest absolute Gasteiger partial charge is 0.259 e. The molecule has 0 aromatic rings. The summed E-state index contributed by atoms with van der Waals surface area (Å²) in [4.78, 5) is 0. The molecule has 3 unspecified atom stereocenters. The first-order chi connectivity index (χ1) is 4.86. The van der Waals surface area contributed by atoms with Gasteiger partial charge in [0.25, 0.3) is 0 Å². The predicted octanol–water partition coefficient (Wildman–Crippen LogP) is 1.40. The Labute approximate surface area is 68.4 Å². The molecule has 3 heteroatoms. The van der Waals surface area contributed by atoms with Crippen LogP contribution < -0.4 is 0 Å². The molecule has 3 atom stereocenters. The van der Waals surface area contributed by atoms with Gasteiger partial charge in [0.2, 0.25) is 0 Å². The molecule has 2 saturated heterocycles. The molecule has 2 rings (SSSR count). The lowest BCUT2D eigenvalue weighted by molar-refractivity contribution is 0.683. The van der Waals surface area contributed by atoms with Gasteiger partial charge in [0.15, 0.2) is 0 Å². The van der Waals surface area contributed by atoms with E-state index in [1.165, 1.54) is 25.0 Å². The SMILES string of the molecule is O=S1CC1CCCC1CS1. The Morgan fingerprint density at radius 2 is 2.20 bits per heavy atom. The van der Waals surface area contributed by atoms with E-state index < -0.39 is 10.8 Å². The molecule has 0 saturated carbocycles. The Hall–Kier alpha value is 0.500. The molecule has 0 spiro atoms. The van der Waals surface area contributed by atoms with E-state index in [9.17, 15) is 4.21 Å². The number of hydrogen-bond donors (Lipinski definition) is 0. The summed E-state index contributed by atoms with van der Waals surface area (Å²) in [5.41, 5.74) is 0. The fourth-order valence-electron chi connectivity index (χ4n) is 1.17. The molecule has 0 aliphatic carbocycles. The number of thioether (sulfide) groups is 1. The first kappa shape index (κ1) is 7.17. The zero-order chi connectivity index (χ0) is 6.97. The van der Waals surface area contributed by atoms with Gasteiger partial charge in [-0.25, -0.2) is 0 Å². The fraction of sp³-hybridized carbons (Fsp3) is 1.00. The number of hydrogen-bond acceptors (Lipinski definition) is 2. The van der Waals surface area contributed by atoms with Crippen LogP contribution in [0.25, 0.3) is 0 Å². The lowest BCUT2D eigenvalue weighted by Crippen LogP contribution is -1.89. The molecular formula is C7H12OS2. The van der Waals surface area contributed by atoms with Crippen molar-refractivity contribution in [1.29, 1.82) is 0 Å². The predicted molar refractivity (Wildman–Crippen MR) is 46.9 cm³/mol. The summed E-state index contributed by atoms with van der Waals surface area (Å²) in [6, 6.07) is 0. The second-order valence-corrected chi connectivity index (χ2v) is 6.15. The lowest BCUT2D eigenvalue weighted by atomic mass is 10.2. The van der Waals surface area contributed by atoms with Crippen molar-refractivity contribution in [3.63, 3.8) is 0 Å². The first-order valence-corrected chi connectivity index (χ1v) is 6.28. The van der Waals surface area contributed by atoms with Crippen molar-refractivity contribution in [2.45, 2.75) is 29.8 Å². The van der Waals surface area contributed by atoms with Crippen molar-refractivity contribution in [2.75, 3.05) is 11.5 Å². The summed E-state index contributed by atoms with van der Waals surface area (Å²) in [5, 5.41) is 1.58. The van der Waals surface area contributed by atoms with Crippen LogP contribution in [0.4, 0.5) is 0 Å². The Balaban J connectivity index is 1.51. The third-order valence-corrected chi connectivity index (χ3v) is 4.55. The standard InChI is InChI=1S/C7H12OS2/c8-10-5-7(10)3-1-2-6-4-9-6/h6-7H,1-5H2. The minimum Gasteiger partial charge on any atom is -0.259 e. The highest BCUT2D eigenvalue weighted by atomic mass is 32.2. The molecule has 0 radical (unpaired) electrons. The lowest BCUT2D eigenvalue weighted by Gasteiger charge is -1.92. The van der Waals surface area contributed by atoms with Crippen LogP contribution in [0.1, 0.15) is 19.3 Å². The third-order valence-electron chi connectivity index (χ3n) is 2.06. The maximum Gasteiger partial charge on any atom is 0.0463 e. The fourth-order valence-corrected chi connectivity index (χ4v) is 2.85. The summed E-state index contributed by atoms with van der Waals surface area (Å²) in [6.07, 6.45) is 3.91. The number of rotatable bonds is 4. The van der Waals surface area contributed by atoms with Crippen LogP contribution in [-0.4, -0.2) is 26.2 Å². The van der Waals surface area contributed by atoms with Crippen LogP contribution in [0.15, 0.2) is 0 Å². The summed E-state index contributed by atoms with van der Waals surface area (Å²) >= 11 is 2.07. The molecule has 0 N–H and O–H groups in total. The maximum atomic E-state index is 10.7. The average molecular weight is 176 g/mol. The molecule has 0 aromatic heterocycles. The van der Waals surface area contributed by atoms with Crippen molar-refractivity contribution in [1.82, 2.24) is 0 Å². The first-order valence-electron chi connectivity index (χ1n) is 3.85. The molecule has 58 valence electrons. The normalized spacial score (nSPS) is 43.4. The molecule has 2 aliphatic heterocycles. The third kappa shape index (κ3) is 1.99. The average Bonchev–Trinajstić information content (AvgIpc) is 2.73. The van der Waals surface area contributed by atoms with Gasteiger partial charge in [-0.3, -0.25) is 4.21 Å². The Morgan fingerprint density at radius 3 is 2.70 bits per heavy atom. The van der Waals surface area contributed by atoms with E-state index in [0.717, 1.165) is 11.0 Å². The highest BCUT2D eigenvalue weighted by Gasteiger charge is 2.32. The molecule has 2 heterocycles. The van der Waals surface area contributed by atoms with Gasteiger partial charge in [0.05, 0.1) is 0 Å². The molecule has 0 bridgehead atoms. The zero-order valence-electron chi connectivity index (χ0n) is 5.91. The van der Waals surface area contributed by atoms with Crippen LogP contribution in [0.2, 0.25) is 0 Å². The van der Waals surface area contributed by atoms with E-state index >= 15 is 0 Å². The van der Waals surface area contributed by atoms with Crippen LogP contribution in [-0.2, 0) is 10.8 Å². The van der Waals surface area contributed by atoms with Crippen molar-refractivity contribution in [3.05, 3.63) is 0 Å². The van der Waals surface area contributed by atoms with E-state index in [1.54, 1.807) is 0 Å². The second-order valence-electron chi connectivity index (χ2n) is 3.06. The van der Waals surface area contributed by atoms with E-state index in [4.69, 9.17) is 0 Å². The smallest absolute Gasteiger partial charge is 0.0463 e. The zero-order valence-corrected chi connectivity index (χ0v) is 7.55. The van der Waals surface area contributed by atoms with Gasteiger partial charge < -0.3 is 0 Å². The Bertz CT molecular complexity index is 154. The van der Waals surface area contributed by atoms with Gasteiger partial charge in [0.1, 0.15) is 0 Å². The van der Waals surface area contributed by atoms with Crippen LogP contribution in [0, 0.1) is 0 Å². The highest BCUT2D eigenvalue weighted by molar-refractivity contribution is 8.06. The van der Waals surface area contributed by atoms with E-state index in [1.807, 2.05) is 0 Å². The van der Waals surface area contributed by atoms with Crippen LogP contribution in [0.3, 0.4) is 0 Å². The van der Waals surface area contributed by atoms with Crippen molar-refractivity contribution >= 4 is 22.6 Å². The second kappa shape index (κ2) is 2.86. The summed E-state index contributed by atoms with van der Waals surface area (Å²) in [5.74, 6) is 2.38. The molecule has 10 heavy (non-hydrogen) atoms. The van der Waals surface area contributed by atoms with Crippen LogP contribution >= 0.6 is 11.8 Å². The monoisotopic (exact) mass is 176 g/mol. The van der Waals surface area contributed by atoms with Crippen molar-refractivity contribution in [2.24, 2.45) is 0 Å². The van der Waals surface area contributed by atoms with E-state index in [-0.39, 0.29) is 0 Å². The molecule has 1 nitrogen and oxygen atoms in total. The van der Waals surface area contributed by atoms with Crippen molar-refractivity contribution < 1.29 is 4.21 Å². The molecule has 0 amide bonds. The van der Waals surface area contributed by atoms with Crippen molar-refractivity contribution in [3.8, 4) is 0 Å². The molecule has 2 aliphatic rings. The summed E-state index contributed by atoms with van der Waals surface area (Å²) in [7, 11) is -0.400. The van der Waals surface area contributed by atoms with E-state index in [2.05, 4.69) is 11.8 Å². The van der Waals surface area contributed by atoms with Gasteiger partial charge in [-0.05, 0) is 12.8 Å². The van der Waals surface area contributed by atoms with E-state index in [0.29, 0.717) is 5.25 Å². The minimum absolute atomic E-state index is 0.400. The summed E-state index contributed by atoms with van der Waals surface area (Å²) < 4.78 is 10.7. The summed E-state index contributed by atoms with van der Waals surface area (Å²) in [6.45, 7) is 0. The molecular weight excluding hydrogens is 164 g/mol. The van der Waals surface area contributed by atoms with Gasteiger partial charge in [-0.2, -0.15) is 11.8 Å². The Kier molecular flexibility index (Phi) is 2.05. The quantitative estimate of drug-likeness (QED) is 0.602. The van der Waals surface area contributed by atoms with Gasteiger partial charge in [-0.1, -0.05) is 6.42 Å². The maximum absolute atomic E-state index is 10.7. The van der Waals surface area contributed by atoms with Crippen LogP contribution in [0.5, 0.6) is 0 Å². The highest BCUT2D eigenvalue weighted by Crippen LogP contribution is 2.35. The molecule has 2 fully saturated rings. The Morgan fingerprint density at radius 1 is 1.50 bits per heavy atom. The van der Waals surface area contributed by atoms with Gasteiger partial charge >= 0.3 is 0 Å². The van der Waals surface area contributed by atoms with Gasteiger partial charge in [0, 0.05) is 32.8 Å².